The molecule has 2 aromatic heterocycles. The number of thioether (sulfide) groups is 1. The lowest BCUT2D eigenvalue weighted by Gasteiger charge is -2.10. The normalized spacial score (nSPS) is 11.0. The van der Waals surface area contributed by atoms with Crippen LogP contribution in [0.5, 0.6) is 5.75 Å². The molecule has 0 unspecified atom stereocenters. The Labute approximate surface area is 166 Å². The summed E-state index contributed by atoms with van der Waals surface area (Å²) in [5.74, 6) is 1.47. The van der Waals surface area contributed by atoms with Crippen molar-refractivity contribution in [3.63, 3.8) is 0 Å². The largest absolute Gasteiger partial charge is 0.497 e. The van der Waals surface area contributed by atoms with Crippen molar-refractivity contribution in [1.29, 1.82) is 0 Å². The Morgan fingerprint density at radius 1 is 1.30 bits per heavy atom. The van der Waals surface area contributed by atoms with Crippen molar-refractivity contribution in [2.75, 3.05) is 19.9 Å². The van der Waals surface area contributed by atoms with Crippen molar-refractivity contribution in [1.82, 2.24) is 20.1 Å². The summed E-state index contributed by atoms with van der Waals surface area (Å²) >= 11 is 3.12. The van der Waals surface area contributed by atoms with Gasteiger partial charge in [0.25, 0.3) is 0 Å². The number of benzene rings is 1. The molecule has 0 fully saturated rings. The molecule has 1 N–H and O–H groups in total. The van der Waals surface area contributed by atoms with Gasteiger partial charge in [0.1, 0.15) is 11.6 Å². The summed E-state index contributed by atoms with van der Waals surface area (Å²) in [4.78, 5) is 13.0. The molecule has 0 radical (unpaired) electrons. The minimum absolute atomic E-state index is 0.121. The molecule has 0 spiro atoms. The van der Waals surface area contributed by atoms with E-state index >= 15 is 0 Å². The zero-order chi connectivity index (χ0) is 19.1. The van der Waals surface area contributed by atoms with Crippen LogP contribution in [0.1, 0.15) is 10.7 Å². The van der Waals surface area contributed by atoms with Crippen molar-refractivity contribution in [3.8, 4) is 11.4 Å². The molecule has 8 heteroatoms. The number of hydrogen-bond donors (Lipinski definition) is 1. The maximum absolute atomic E-state index is 12.0. The van der Waals surface area contributed by atoms with Crippen LogP contribution in [-0.4, -0.2) is 40.6 Å². The first-order valence-electron chi connectivity index (χ1n) is 8.33. The van der Waals surface area contributed by atoms with Gasteiger partial charge in [0, 0.05) is 29.6 Å². The summed E-state index contributed by atoms with van der Waals surface area (Å²) in [5.41, 5.74) is 0.962. The number of nitrogens with zero attached hydrogens (tertiary/aromatic N) is 3. The zero-order valence-electron chi connectivity index (χ0n) is 15.1. The fourth-order valence-corrected chi connectivity index (χ4v) is 3.62. The average Bonchev–Trinajstić information content (AvgIpc) is 3.36. The topological polar surface area (TPSA) is 69.0 Å². The van der Waals surface area contributed by atoms with E-state index in [0.29, 0.717) is 13.0 Å². The summed E-state index contributed by atoms with van der Waals surface area (Å²) in [5, 5.41) is 14.2. The molecule has 6 nitrogen and oxygen atoms in total. The second-order valence-corrected chi connectivity index (χ2v) is 7.28. The second kappa shape index (κ2) is 9.38. The lowest BCUT2D eigenvalue weighted by atomic mass is 10.3. The lowest BCUT2D eigenvalue weighted by molar-refractivity contribution is -0.116. The predicted octanol–water partition coefficient (Wildman–Crippen LogP) is 3.43. The van der Waals surface area contributed by atoms with E-state index < -0.39 is 0 Å². The molecule has 0 aliphatic heterocycles. The second-order valence-electron chi connectivity index (χ2n) is 5.53. The van der Waals surface area contributed by atoms with Gasteiger partial charge in [-0.25, -0.2) is 0 Å². The van der Waals surface area contributed by atoms with Crippen LogP contribution in [0.3, 0.4) is 0 Å². The van der Waals surface area contributed by atoms with E-state index in [9.17, 15) is 4.79 Å². The van der Waals surface area contributed by atoms with Gasteiger partial charge in [-0.05, 0) is 48.0 Å². The summed E-state index contributed by atoms with van der Waals surface area (Å²) in [6, 6.07) is 11.7. The number of rotatable bonds is 8. The van der Waals surface area contributed by atoms with Gasteiger partial charge in [0.2, 0.25) is 5.91 Å². The molecule has 3 rings (SSSR count). The van der Waals surface area contributed by atoms with Gasteiger partial charge in [-0.1, -0.05) is 17.8 Å². The van der Waals surface area contributed by atoms with Crippen LogP contribution in [0.15, 0.2) is 53.0 Å². The standard InChI is InChI=1S/C19H20N4O2S2/c1-25-15-7-5-14(6-8-15)23-17(21-22-19(23)26-2)11-12-20-18(24)10-9-16-4-3-13-27-16/h3-10,13H,11-12H2,1-2H3,(H,20,24)/b10-9+. The quantitative estimate of drug-likeness (QED) is 0.463. The third-order valence-electron chi connectivity index (χ3n) is 3.80. The number of carbonyl (C=O) groups excluding carboxylic acids is 1. The van der Waals surface area contributed by atoms with Crippen LogP contribution < -0.4 is 10.1 Å². The average molecular weight is 401 g/mol. The summed E-state index contributed by atoms with van der Waals surface area (Å²) < 4.78 is 7.21. The van der Waals surface area contributed by atoms with Crippen molar-refractivity contribution >= 4 is 35.1 Å². The van der Waals surface area contributed by atoms with E-state index in [1.807, 2.05) is 58.7 Å². The van der Waals surface area contributed by atoms with Crippen LogP contribution in [0.2, 0.25) is 0 Å². The monoisotopic (exact) mass is 400 g/mol. The third-order valence-corrected chi connectivity index (χ3v) is 5.27. The van der Waals surface area contributed by atoms with Gasteiger partial charge < -0.3 is 10.1 Å². The summed E-state index contributed by atoms with van der Waals surface area (Å²) in [7, 11) is 1.64. The molecule has 1 aromatic carbocycles. The van der Waals surface area contributed by atoms with Crippen LogP contribution in [-0.2, 0) is 11.2 Å². The first-order valence-corrected chi connectivity index (χ1v) is 10.4. The minimum atomic E-state index is -0.121. The molecule has 0 bridgehead atoms. The number of thiophene rings is 1. The fourth-order valence-electron chi connectivity index (χ4n) is 2.49. The van der Waals surface area contributed by atoms with Crippen LogP contribution in [0, 0.1) is 0 Å². The molecule has 27 heavy (non-hydrogen) atoms. The Bertz CT molecular complexity index is 902. The Hall–Kier alpha value is -2.58. The van der Waals surface area contributed by atoms with E-state index in [0.717, 1.165) is 27.3 Å². The molecule has 1 amide bonds. The Kier molecular flexibility index (Phi) is 6.67. The highest BCUT2D eigenvalue weighted by Crippen LogP contribution is 2.22. The SMILES string of the molecule is COc1ccc(-n2c(CCNC(=O)/C=C/c3cccs3)nnc2SC)cc1. The van der Waals surface area contributed by atoms with Gasteiger partial charge in [-0.15, -0.1) is 21.5 Å². The molecule has 0 atom stereocenters. The van der Waals surface area contributed by atoms with Gasteiger partial charge in [0.15, 0.2) is 5.16 Å². The number of carbonyl (C=O) groups is 1. The van der Waals surface area contributed by atoms with Crippen LogP contribution >= 0.6 is 23.1 Å². The van der Waals surface area contributed by atoms with Crippen LogP contribution in [0.4, 0.5) is 0 Å². The van der Waals surface area contributed by atoms with Gasteiger partial charge >= 0.3 is 0 Å². The number of hydrogen-bond acceptors (Lipinski definition) is 6. The number of methoxy groups -OCH3 is 1. The van der Waals surface area contributed by atoms with E-state index in [4.69, 9.17) is 4.74 Å². The first kappa shape index (κ1) is 19.2. The molecule has 2 heterocycles. The van der Waals surface area contributed by atoms with Crippen LogP contribution in [0.25, 0.3) is 11.8 Å². The maximum Gasteiger partial charge on any atom is 0.244 e. The molecular formula is C19H20N4O2S2. The number of amides is 1. The number of ether oxygens (including phenoxy) is 1. The predicted molar refractivity (Wildman–Crippen MR) is 110 cm³/mol. The van der Waals surface area contributed by atoms with Crippen molar-refractivity contribution in [2.24, 2.45) is 0 Å². The van der Waals surface area contributed by atoms with E-state index in [1.165, 1.54) is 11.8 Å². The Morgan fingerprint density at radius 2 is 2.11 bits per heavy atom. The molecule has 0 aliphatic carbocycles. The summed E-state index contributed by atoms with van der Waals surface area (Å²) in [6.07, 6.45) is 5.90. The lowest BCUT2D eigenvalue weighted by Crippen LogP contribution is -2.24. The summed E-state index contributed by atoms with van der Waals surface area (Å²) in [6.45, 7) is 0.482. The van der Waals surface area contributed by atoms with Crippen molar-refractivity contribution < 1.29 is 9.53 Å². The van der Waals surface area contributed by atoms with E-state index in [-0.39, 0.29) is 5.91 Å². The molecule has 0 saturated heterocycles. The third kappa shape index (κ3) is 4.99. The molecule has 0 saturated carbocycles. The minimum Gasteiger partial charge on any atom is -0.497 e. The fraction of sp³-hybridized carbons (Fsp3) is 0.211. The highest BCUT2D eigenvalue weighted by atomic mass is 32.2. The smallest absolute Gasteiger partial charge is 0.244 e. The van der Waals surface area contributed by atoms with E-state index in [2.05, 4.69) is 15.5 Å². The highest BCUT2D eigenvalue weighted by Gasteiger charge is 2.13. The Morgan fingerprint density at radius 3 is 2.78 bits per heavy atom. The van der Waals surface area contributed by atoms with Crippen molar-refractivity contribution in [2.45, 2.75) is 11.6 Å². The van der Waals surface area contributed by atoms with Gasteiger partial charge in [-0.3, -0.25) is 9.36 Å². The van der Waals surface area contributed by atoms with Crippen molar-refractivity contribution in [3.05, 3.63) is 58.6 Å². The van der Waals surface area contributed by atoms with Gasteiger partial charge in [0.05, 0.1) is 7.11 Å². The van der Waals surface area contributed by atoms with Gasteiger partial charge in [-0.2, -0.15) is 0 Å². The maximum atomic E-state index is 12.0. The molecule has 3 aromatic rings. The van der Waals surface area contributed by atoms with E-state index in [1.54, 1.807) is 24.5 Å². The Balaban J connectivity index is 1.64. The molecule has 140 valence electrons. The number of nitrogens with one attached hydrogen (secondary N) is 1. The molecule has 0 aliphatic rings. The zero-order valence-corrected chi connectivity index (χ0v) is 16.7. The first-order chi connectivity index (χ1) is 13.2. The highest BCUT2D eigenvalue weighted by molar-refractivity contribution is 7.98. The molecular weight excluding hydrogens is 380 g/mol. The number of aromatic nitrogens is 3.